The monoisotopic (exact) mass is 483 g/mol. The summed E-state index contributed by atoms with van der Waals surface area (Å²) in [5, 5.41) is 11.6. The summed E-state index contributed by atoms with van der Waals surface area (Å²) in [5.74, 6) is 1.04. The van der Waals surface area contributed by atoms with Crippen LogP contribution < -0.4 is 9.64 Å². The molecule has 1 saturated heterocycles. The number of thiol groups is 1. The van der Waals surface area contributed by atoms with Crippen LogP contribution in [0.25, 0.3) is 22.0 Å². The fourth-order valence-corrected chi connectivity index (χ4v) is 5.47. The number of ether oxygens (including phenoxy) is 1. The van der Waals surface area contributed by atoms with Crippen molar-refractivity contribution in [1.82, 2.24) is 9.88 Å². The highest BCUT2D eigenvalue weighted by molar-refractivity contribution is 7.71. The van der Waals surface area contributed by atoms with Crippen molar-refractivity contribution < 1.29 is 18.3 Å². The first-order valence-electron chi connectivity index (χ1n) is 11.6. The summed E-state index contributed by atoms with van der Waals surface area (Å²) in [6.45, 7) is 3.99. The van der Waals surface area contributed by atoms with Crippen molar-refractivity contribution in [3.63, 3.8) is 0 Å². The number of aromatic hydroxyl groups is 1. The topological polar surface area (TPSA) is 83.0 Å². The molecule has 1 aliphatic rings. The standard InChI is InChI=1S/C26H33N3O4S/c1-17(28(2)3)18-10-12-29(13-11-18)25-20(16-34(31)32)15-27-23-9-8-19(14-22(23)25)21-6-5-7-24(33-4)26(21)30/h5-9,14-15,17-18,30,34H,10-13,16H2,1-4H3. The number of para-hydroxylation sites is 1. The number of phenolic OH excluding ortho intramolecular Hbond substituents is 1. The molecule has 3 aromatic rings. The van der Waals surface area contributed by atoms with Crippen molar-refractivity contribution >= 4 is 27.3 Å². The second kappa shape index (κ2) is 10.2. The highest BCUT2D eigenvalue weighted by Gasteiger charge is 2.27. The molecular weight excluding hydrogens is 450 g/mol. The quantitative estimate of drug-likeness (QED) is 0.493. The average molecular weight is 484 g/mol. The molecule has 7 nitrogen and oxygen atoms in total. The third-order valence-electron chi connectivity index (χ3n) is 7.10. The van der Waals surface area contributed by atoms with Crippen molar-refractivity contribution in [3.05, 3.63) is 48.2 Å². The molecule has 0 aliphatic carbocycles. The van der Waals surface area contributed by atoms with E-state index in [9.17, 15) is 13.5 Å². The second-order valence-electron chi connectivity index (χ2n) is 9.24. The molecule has 1 aromatic heterocycles. The number of piperidine rings is 1. The molecule has 34 heavy (non-hydrogen) atoms. The van der Waals surface area contributed by atoms with Crippen LogP contribution in [0.15, 0.2) is 42.6 Å². The summed E-state index contributed by atoms with van der Waals surface area (Å²) < 4.78 is 28.7. The third kappa shape index (κ3) is 4.83. The van der Waals surface area contributed by atoms with E-state index < -0.39 is 10.7 Å². The van der Waals surface area contributed by atoms with E-state index >= 15 is 0 Å². The van der Waals surface area contributed by atoms with Crippen LogP contribution in [0, 0.1) is 5.92 Å². The van der Waals surface area contributed by atoms with Gasteiger partial charge in [0, 0.05) is 41.8 Å². The molecule has 1 atom stereocenters. The number of aromatic nitrogens is 1. The number of anilines is 1. The fourth-order valence-electron chi connectivity index (χ4n) is 4.96. The number of benzene rings is 2. The Morgan fingerprint density at radius 3 is 2.59 bits per heavy atom. The molecule has 182 valence electrons. The first-order valence-corrected chi connectivity index (χ1v) is 13.0. The lowest BCUT2D eigenvalue weighted by Crippen LogP contribution is -2.42. The Morgan fingerprint density at radius 2 is 1.94 bits per heavy atom. The van der Waals surface area contributed by atoms with E-state index in [0.29, 0.717) is 23.3 Å². The van der Waals surface area contributed by atoms with Crippen LogP contribution >= 0.6 is 0 Å². The van der Waals surface area contributed by atoms with E-state index in [1.54, 1.807) is 12.3 Å². The highest BCUT2D eigenvalue weighted by atomic mass is 32.2. The number of pyridine rings is 1. The number of nitrogens with zero attached hydrogens (tertiary/aromatic N) is 3. The molecule has 0 radical (unpaired) electrons. The molecular formula is C26H33N3O4S. The Morgan fingerprint density at radius 1 is 1.21 bits per heavy atom. The van der Waals surface area contributed by atoms with Gasteiger partial charge in [0.2, 0.25) is 0 Å². The van der Waals surface area contributed by atoms with Gasteiger partial charge in [-0.15, -0.1) is 0 Å². The number of fused-ring (bicyclic) bond motifs is 1. The van der Waals surface area contributed by atoms with Gasteiger partial charge in [-0.1, -0.05) is 18.2 Å². The molecule has 1 aliphatic heterocycles. The minimum atomic E-state index is -2.59. The first-order chi connectivity index (χ1) is 16.3. The lowest BCUT2D eigenvalue weighted by molar-refractivity contribution is 0.199. The molecule has 1 fully saturated rings. The van der Waals surface area contributed by atoms with Gasteiger partial charge in [-0.2, -0.15) is 0 Å². The molecule has 2 heterocycles. The van der Waals surface area contributed by atoms with Gasteiger partial charge in [-0.3, -0.25) is 4.98 Å². The summed E-state index contributed by atoms with van der Waals surface area (Å²) >= 11 is 0. The van der Waals surface area contributed by atoms with E-state index in [2.05, 4.69) is 35.8 Å². The molecule has 2 aromatic carbocycles. The summed E-state index contributed by atoms with van der Waals surface area (Å²) in [5.41, 5.74) is 3.94. The van der Waals surface area contributed by atoms with E-state index in [1.807, 2.05) is 30.3 Å². The highest BCUT2D eigenvalue weighted by Crippen LogP contribution is 2.40. The molecule has 0 bridgehead atoms. The van der Waals surface area contributed by atoms with Gasteiger partial charge >= 0.3 is 0 Å². The predicted octanol–water partition coefficient (Wildman–Crippen LogP) is 3.89. The molecule has 1 unspecified atom stereocenters. The Bertz CT molecular complexity index is 1240. The Kier molecular flexibility index (Phi) is 7.28. The van der Waals surface area contributed by atoms with Crippen LogP contribution in [0.4, 0.5) is 5.69 Å². The molecule has 0 amide bonds. The number of rotatable bonds is 7. The lowest BCUT2D eigenvalue weighted by atomic mass is 9.89. The van der Waals surface area contributed by atoms with Crippen LogP contribution in [0.2, 0.25) is 0 Å². The lowest BCUT2D eigenvalue weighted by Gasteiger charge is -2.39. The van der Waals surface area contributed by atoms with Gasteiger partial charge < -0.3 is 19.6 Å². The largest absolute Gasteiger partial charge is 0.504 e. The Balaban J connectivity index is 1.80. The molecule has 0 saturated carbocycles. The fraction of sp³-hybridized carbons (Fsp3) is 0.423. The van der Waals surface area contributed by atoms with Crippen molar-refractivity contribution in [2.45, 2.75) is 31.6 Å². The summed E-state index contributed by atoms with van der Waals surface area (Å²) in [7, 11) is 3.17. The number of hydrogen-bond acceptors (Lipinski definition) is 7. The van der Waals surface area contributed by atoms with Gasteiger partial charge in [0.15, 0.2) is 11.5 Å². The van der Waals surface area contributed by atoms with E-state index in [-0.39, 0.29) is 11.5 Å². The molecule has 4 rings (SSSR count). The minimum Gasteiger partial charge on any atom is -0.504 e. The zero-order valence-electron chi connectivity index (χ0n) is 20.2. The van der Waals surface area contributed by atoms with Crippen molar-refractivity contribution in [2.75, 3.05) is 39.2 Å². The van der Waals surface area contributed by atoms with Crippen LogP contribution in [0.3, 0.4) is 0 Å². The number of phenols is 1. The van der Waals surface area contributed by atoms with E-state index in [0.717, 1.165) is 53.6 Å². The zero-order chi connectivity index (χ0) is 24.4. The van der Waals surface area contributed by atoms with E-state index in [4.69, 9.17) is 4.74 Å². The normalized spacial score (nSPS) is 15.9. The van der Waals surface area contributed by atoms with Crippen molar-refractivity contribution in [1.29, 1.82) is 0 Å². The molecule has 8 heteroatoms. The number of methoxy groups -OCH3 is 1. The van der Waals surface area contributed by atoms with Crippen LogP contribution in [-0.4, -0.2) is 63.7 Å². The maximum Gasteiger partial charge on any atom is 0.165 e. The smallest absolute Gasteiger partial charge is 0.165 e. The van der Waals surface area contributed by atoms with Crippen molar-refractivity contribution in [2.24, 2.45) is 5.92 Å². The van der Waals surface area contributed by atoms with Gasteiger partial charge in [-0.25, -0.2) is 8.42 Å². The summed E-state index contributed by atoms with van der Waals surface area (Å²) in [6.07, 6.45) is 3.78. The van der Waals surface area contributed by atoms with Crippen molar-refractivity contribution in [3.8, 4) is 22.6 Å². The summed E-state index contributed by atoms with van der Waals surface area (Å²) in [6, 6.07) is 11.7. The maximum absolute atomic E-state index is 11.7. The SMILES string of the molecule is COc1cccc(-c2ccc3ncc(C[SH](=O)=O)c(N4CCC(C(C)N(C)C)CC4)c3c2)c1O. The van der Waals surface area contributed by atoms with Gasteiger partial charge in [0.1, 0.15) is 10.7 Å². The van der Waals surface area contributed by atoms with Gasteiger partial charge in [0.05, 0.1) is 24.1 Å². The third-order valence-corrected chi connectivity index (χ3v) is 7.70. The van der Waals surface area contributed by atoms with E-state index in [1.165, 1.54) is 7.11 Å². The first kappa shape index (κ1) is 24.3. The zero-order valence-corrected chi connectivity index (χ0v) is 21.1. The maximum atomic E-state index is 11.7. The van der Waals surface area contributed by atoms with Gasteiger partial charge in [0.25, 0.3) is 0 Å². The average Bonchev–Trinajstić information content (AvgIpc) is 2.83. The number of hydrogen-bond donors (Lipinski definition) is 2. The second-order valence-corrected chi connectivity index (χ2v) is 10.2. The van der Waals surface area contributed by atoms with Crippen LogP contribution in [0.5, 0.6) is 11.5 Å². The Labute approximate surface area is 202 Å². The molecule has 1 N–H and O–H groups in total. The van der Waals surface area contributed by atoms with Crippen LogP contribution in [-0.2, 0) is 16.5 Å². The minimum absolute atomic E-state index is 0.0454. The summed E-state index contributed by atoms with van der Waals surface area (Å²) in [4.78, 5) is 9.14. The molecule has 0 spiro atoms. The van der Waals surface area contributed by atoms with Gasteiger partial charge in [-0.05, 0) is 63.5 Å². The predicted molar refractivity (Wildman–Crippen MR) is 138 cm³/mol. The van der Waals surface area contributed by atoms with Crippen LogP contribution in [0.1, 0.15) is 25.3 Å². The Hall–Kier alpha value is -2.84.